The van der Waals surface area contributed by atoms with Crippen molar-refractivity contribution in [3.8, 4) is 0 Å². The molecule has 1 aromatic carbocycles. The van der Waals surface area contributed by atoms with E-state index in [1.807, 2.05) is 25.1 Å². The lowest BCUT2D eigenvalue weighted by Crippen LogP contribution is -2.57. The first-order chi connectivity index (χ1) is 8.66. The largest absolute Gasteiger partial charge is 0.368 e. The number of nitrogens with one attached hydrogen (secondary N) is 1. The fraction of sp³-hybridized carbons (Fsp3) is 0.500. The summed E-state index contributed by atoms with van der Waals surface area (Å²) in [6, 6.07) is 10.3. The molecule has 1 atom stereocenters. The SMILES string of the molecule is CCNC1(C(N)=O)CCN(Cc2ccccc2)C1. The molecule has 18 heavy (non-hydrogen) atoms. The molecule has 1 saturated heterocycles. The van der Waals surface area contributed by atoms with E-state index in [2.05, 4.69) is 22.3 Å². The van der Waals surface area contributed by atoms with Gasteiger partial charge in [-0.15, -0.1) is 0 Å². The molecule has 0 saturated carbocycles. The summed E-state index contributed by atoms with van der Waals surface area (Å²) in [7, 11) is 0. The lowest BCUT2D eigenvalue weighted by molar-refractivity contribution is -0.124. The van der Waals surface area contributed by atoms with Crippen LogP contribution in [0.4, 0.5) is 0 Å². The molecule has 1 heterocycles. The number of hydrogen-bond donors (Lipinski definition) is 2. The number of nitrogens with zero attached hydrogens (tertiary/aromatic N) is 1. The van der Waals surface area contributed by atoms with Crippen LogP contribution in [0.15, 0.2) is 30.3 Å². The highest BCUT2D eigenvalue weighted by Gasteiger charge is 2.42. The Morgan fingerprint density at radius 2 is 2.17 bits per heavy atom. The van der Waals surface area contributed by atoms with E-state index in [0.29, 0.717) is 6.54 Å². The second-order valence-electron chi connectivity index (χ2n) is 4.92. The van der Waals surface area contributed by atoms with E-state index in [1.54, 1.807) is 0 Å². The molecular weight excluding hydrogens is 226 g/mol. The third-order valence-corrected chi connectivity index (χ3v) is 3.58. The number of primary amides is 1. The highest BCUT2D eigenvalue weighted by Crippen LogP contribution is 2.22. The molecule has 4 heteroatoms. The molecule has 98 valence electrons. The molecule has 1 unspecified atom stereocenters. The Kier molecular flexibility index (Phi) is 3.99. The van der Waals surface area contributed by atoms with Crippen molar-refractivity contribution in [2.45, 2.75) is 25.4 Å². The van der Waals surface area contributed by atoms with Gasteiger partial charge in [-0.05, 0) is 18.5 Å². The summed E-state index contributed by atoms with van der Waals surface area (Å²) in [6.07, 6.45) is 0.795. The molecule has 4 nitrogen and oxygen atoms in total. The molecule has 1 fully saturated rings. The molecular formula is C14H21N3O. The molecule has 0 spiro atoms. The van der Waals surface area contributed by atoms with Crippen LogP contribution in [0.3, 0.4) is 0 Å². The highest BCUT2D eigenvalue weighted by molar-refractivity contribution is 5.85. The van der Waals surface area contributed by atoms with Gasteiger partial charge in [0.2, 0.25) is 5.91 Å². The molecule has 0 aliphatic carbocycles. The number of benzene rings is 1. The Morgan fingerprint density at radius 1 is 1.44 bits per heavy atom. The zero-order valence-corrected chi connectivity index (χ0v) is 10.9. The predicted molar refractivity (Wildman–Crippen MR) is 71.9 cm³/mol. The Balaban J connectivity index is 2.01. The third kappa shape index (κ3) is 2.71. The van der Waals surface area contributed by atoms with E-state index in [9.17, 15) is 4.79 Å². The van der Waals surface area contributed by atoms with Crippen molar-refractivity contribution in [2.24, 2.45) is 5.73 Å². The standard InChI is InChI=1S/C14H21N3O/c1-2-16-14(13(15)18)8-9-17(11-14)10-12-6-4-3-5-7-12/h3-7,16H,2,8-11H2,1H3,(H2,15,18). The number of rotatable bonds is 5. The fourth-order valence-electron chi connectivity index (χ4n) is 2.64. The minimum absolute atomic E-state index is 0.236. The molecule has 2 rings (SSSR count). The number of carbonyl (C=O) groups excluding carboxylic acids is 1. The Hall–Kier alpha value is -1.39. The van der Waals surface area contributed by atoms with Crippen LogP contribution in [0.2, 0.25) is 0 Å². The van der Waals surface area contributed by atoms with E-state index < -0.39 is 5.54 Å². The van der Waals surface area contributed by atoms with Crippen LogP contribution in [0.5, 0.6) is 0 Å². The number of carbonyl (C=O) groups is 1. The minimum atomic E-state index is -0.538. The average Bonchev–Trinajstić information content (AvgIpc) is 2.76. The topological polar surface area (TPSA) is 58.4 Å². The van der Waals surface area contributed by atoms with Crippen LogP contribution in [-0.4, -0.2) is 36.0 Å². The zero-order valence-electron chi connectivity index (χ0n) is 10.9. The van der Waals surface area contributed by atoms with E-state index in [-0.39, 0.29) is 5.91 Å². The number of hydrogen-bond acceptors (Lipinski definition) is 3. The Morgan fingerprint density at radius 3 is 2.78 bits per heavy atom. The lowest BCUT2D eigenvalue weighted by atomic mass is 9.98. The summed E-state index contributed by atoms with van der Waals surface area (Å²) >= 11 is 0. The fourth-order valence-corrected chi connectivity index (χ4v) is 2.64. The van der Waals surface area contributed by atoms with Crippen LogP contribution >= 0.6 is 0 Å². The van der Waals surface area contributed by atoms with E-state index in [1.165, 1.54) is 5.56 Å². The van der Waals surface area contributed by atoms with Crippen LogP contribution in [0.1, 0.15) is 18.9 Å². The van der Waals surface area contributed by atoms with Crippen molar-refractivity contribution in [1.82, 2.24) is 10.2 Å². The first kappa shape index (κ1) is 13.1. The van der Waals surface area contributed by atoms with E-state index in [4.69, 9.17) is 5.73 Å². The van der Waals surface area contributed by atoms with Gasteiger partial charge in [-0.25, -0.2) is 0 Å². The summed E-state index contributed by atoms with van der Waals surface area (Å²) in [5.41, 5.74) is 6.28. The molecule has 0 bridgehead atoms. The first-order valence-corrected chi connectivity index (χ1v) is 6.47. The van der Waals surface area contributed by atoms with Gasteiger partial charge < -0.3 is 11.1 Å². The van der Waals surface area contributed by atoms with Gasteiger partial charge in [-0.1, -0.05) is 37.3 Å². The van der Waals surface area contributed by atoms with Crippen molar-refractivity contribution >= 4 is 5.91 Å². The van der Waals surface area contributed by atoms with E-state index in [0.717, 1.165) is 26.1 Å². The zero-order chi connectivity index (χ0) is 13.0. The summed E-state index contributed by atoms with van der Waals surface area (Å²) < 4.78 is 0. The first-order valence-electron chi connectivity index (χ1n) is 6.47. The molecule has 3 N–H and O–H groups in total. The van der Waals surface area contributed by atoms with Crippen LogP contribution < -0.4 is 11.1 Å². The molecule has 0 radical (unpaired) electrons. The van der Waals surface area contributed by atoms with Crippen molar-refractivity contribution in [1.29, 1.82) is 0 Å². The maximum atomic E-state index is 11.6. The van der Waals surface area contributed by atoms with Gasteiger partial charge in [0.1, 0.15) is 5.54 Å². The molecule has 1 aliphatic rings. The van der Waals surface area contributed by atoms with Gasteiger partial charge >= 0.3 is 0 Å². The summed E-state index contributed by atoms with van der Waals surface area (Å²) in [4.78, 5) is 13.9. The monoisotopic (exact) mass is 247 g/mol. The van der Waals surface area contributed by atoms with Crippen molar-refractivity contribution < 1.29 is 4.79 Å². The smallest absolute Gasteiger partial charge is 0.239 e. The maximum Gasteiger partial charge on any atom is 0.239 e. The normalized spacial score (nSPS) is 24.3. The number of likely N-dealkylation sites (N-methyl/N-ethyl adjacent to an activating group) is 1. The highest BCUT2D eigenvalue weighted by atomic mass is 16.1. The lowest BCUT2D eigenvalue weighted by Gasteiger charge is -2.26. The van der Waals surface area contributed by atoms with Gasteiger partial charge in [-0.2, -0.15) is 0 Å². The molecule has 0 aromatic heterocycles. The third-order valence-electron chi connectivity index (χ3n) is 3.58. The Labute approximate surface area is 108 Å². The molecule has 1 aromatic rings. The van der Waals surface area contributed by atoms with Crippen LogP contribution in [0.25, 0.3) is 0 Å². The number of likely N-dealkylation sites (tertiary alicyclic amines) is 1. The van der Waals surface area contributed by atoms with Crippen LogP contribution in [-0.2, 0) is 11.3 Å². The average molecular weight is 247 g/mol. The number of nitrogens with two attached hydrogens (primary N) is 1. The number of amides is 1. The second-order valence-corrected chi connectivity index (χ2v) is 4.92. The van der Waals surface area contributed by atoms with Gasteiger partial charge in [0.15, 0.2) is 0 Å². The molecule has 1 amide bonds. The summed E-state index contributed by atoms with van der Waals surface area (Å²) in [6.45, 7) is 5.25. The maximum absolute atomic E-state index is 11.6. The van der Waals surface area contributed by atoms with Gasteiger partial charge in [-0.3, -0.25) is 9.69 Å². The van der Waals surface area contributed by atoms with Crippen molar-refractivity contribution in [3.05, 3.63) is 35.9 Å². The van der Waals surface area contributed by atoms with Gasteiger partial charge in [0.05, 0.1) is 0 Å². The summed E-state index contributed by atoms with van der Waals surface area (Å²) in [5, 5.41) is 3.26. The quantitative estimate of drug-likeness (QED) is 0.806. The van der Waals surface area contributed by atoms with Crippen LogP contribution in [0, 0.1) is 0 Å². The predicted octanol–water partition coefficient (Wildman–Crippen LogP) is 0.726. The molecule has 1 aliphatic heterocycles. The minimum Gasteiger partial charge on any atom is -0.368 e. The van der Waals surface area contributed by atoms with Crippen molar-refractivity contribution in [3.63, 3.8) is 0 Å². The second kappa shape index (κ2) is 5.50. The van der Waals surface area contributed by atoms with Gasteiger partial charge in [0, 0.05) is 19.6 Å². The van der Waals surface area contributed by atoms with E-state index >= 15 is 0 Å². The summed E-state index contributed by atoms with van der Waals surface area (Å²) in [5.74, 6) is -0.236. The van der Waals surface area contributed by atoms with Gasteiger partial charge in [0.25, 0.3) is 0 Å². The Bertz CT molecular complexity index is 407. The van der Waals surface area contributed by atoms with Crippen molar-refractivity contribution in [2.75, 3.05) is 19.6 Å².